The van der Waals surface area contributed by atoms with Gasteiger partial charge in [0.1, 0.15) is 17.2 Å². The average molecular weight is 375 g/mol. The van der Waals surface area contributed by atoms with Crippen LogP contribution in [0.4, 0.5) is 9.18 Å². The number of halogens is 1. The molecule has 8 heteroatoms. The number of hydrogen-bond donors (Lipinski definition) is 0. The van der Waals surface area contributed by atoms with Gasteiger partial charge in [-0.25, -0.2) is 19.2 Å². The molecular weight excluding hydrogens is 349 g/mol. The van der Waals surface area contributed by atoms with E-state index >= 15 is 0 Å². The highest BCUT2D eigenvalue weighted by molar-refractivity contribution is 5.68. The van der Waals surface area contributed by atoms with Crippen molar-refractivity contribution in [3.05, 3.63) is 35.3 Å². The van der Waals surface area contributed by atoms with Gasteiger partial charge in [0, 0.05) is 19.0 Å². The largest absolute Gasteiger partial charge is 0.444 e. The smallest absolute Gasteiger partial charge is 0.410 e. The minimum absolute atomic E-state index is 0.171. The Bertz CT molecular complexity index is 835. The molecule has 1 amide bonds. The third-order valence-corrected chi connectivity index (χ3v) is 4.52. The molecule has 0 aliphatic carbocycles. The first-order chi connectivity index (χ1) is 12.6. The summed E-state index contributed by atoms with van der Waals surface area (Å²) in [5, 5.41) is 4.61. The molecule has 2 aromatic rings. The monoisotopic (exact) mass is 375 g/mol. The number of carbonyl (C=O) groups is 1. The highest BCUT2D eigenvalue weighted by Crippen LogP contribution is 2.27. The van der Waals surface area contributed by atoms with E-state index in [4.69, 9.17) is 4.74 Å². The number of aromatic nitrogens is 4. The number of ether oxygens (including phenoxy) is 1. The molecule has 3 rings (SSSR count). The highest BCUT2D eigenvalue weighted by Gasteiger charge is 2.29. The van der Waals surface area contributed by atoms with Gasteiger partial charge in [-0.05, 0) is 59.1 Å². The van der Waals surface area contributed by atoms with Gasteiger partial charge < -0.3 is 9.64 Å². The summed E-state index contributed by atoms with van der Waals surface area (Å²) >= 11 is 0. The molecule has 7 nitrogen and oxygen atoms in total. The molecule has 146 valence electrons. The van der Waals surface area contributed by atoms with Crippen LogP contribution in [-0.2, 0) is 4.74 Å². The Morgan fingerprint density at radius 2 is 1.93 bits per heavy atom. The van der Waals surface area contributed by atoms with Crippen LogP contribution in [0.1, 0.15) is 56.7 Å². The van der Waals surface area contributed by atoms with Crippen LogP contribution in [0.25, 0.3) is 5.82 Å². The Kier molecular flexibility index (Phi) is 5.17. The van der Waals surface area contributed by atoms with Gasteiger partial charge in [-0.2, -0.15) is 4.68 Å². The zero-order chi connectivity index (χ0) is 19.8. The Labute approximate surface area is 158 Å². The van der Waals surface area contributed by atoms with Crippen molar-refractivity contribution in [2.24, 2.45) is 0 Å². The van der Waals surface area contributed by atoms with Crippen molar-refractivity contribution in [2.45, 2.75) is 59.0 Å². The van der Waals surface area contributed by atoms with Crippen LogP contribution in [0.3, 0.4) is 0 Å². The number of amides is 1. The molecule has 0 bridgehead atoms. The zero-order valence-corrected chi connectivity index (χ0v) is 16.5. The lowest BCUT2D eigenvalue weighted by Gasteiger charge is -2.32. The minimum atomic E-state index is -0.495. The first-order valence-corrected chi connectivity index (χ1v) is 9.18. The van der Waals surface area contributed by atoms with Crippen molar-refractivity contribution in [1.82, 2.24) is 24.6 Å². The SMILES string of the molecule is Cc1cc(F)cnc1-n1nc(C2CCN(C(=O)OC(C)(C)C)CC2)nc1C. The topological polar surface area (TPSA) is 73.1 Å². The molecule has 0 unspecified atom stereocenters. The lowest BCUT2D eigenvalue weighted by molar-refractivity contribution is 0.0203. The second-order valence-corrected chi connectivity index (χ2v) is 7.96. The van der Waals surface area contributed by atoms with E-state index in [2.05, 4.69) is 15.1 Å². The molecule has 0 aromatic carbocycles. The molecule has 0 atom stereocenters. The molecule has 1 saturated heterocycles. The quantitative estimate of drug-likeness (QED) is 0.803. The molecule has 1 aliphatic rings. The summed E-state index contributed by atoms with van der Waals surface area (Å²) in [6, 6.07) is 1.43. The first-order valence-electron chi connectivity index (χ1n) is 9.18. The van der Waals surface area contributed by atoms with Gasteiger partial charge >= 0.3 is 6.09 Å². The number of aryl methyl sites for hydroxylation is 2. The number of carbonyl (C=O) groups excluding carboxylic acids is 1. The van der Waals surface area contributed by atoms with Crippen molar-refractivity contribution in [2.75, 3.05) is 13.1 Å². The van der Waals surface area contributed by atoms with E-state index in [0.29, 0.717) is 30.3 Å². The van der Waals surface area contributed by atoms with E-state index in [1.807, 2.05) is 27.7 Å². The van der Waals surface area contributed by atoms with Gasteiger partial charge in [-0.1, -0.05) is 0 Å². The Morgan fingerprint density at radius 3 is 2.52 bits per heavy atom. The molecule has 1 fully saturated rings. The van der Waals surface area contributed by atoms with E-state index < -0.39 is 5.60 Å². The van der Waals surface area contributed by atoms with Crippen molar-refractivity contribution >= 4 is 6.09 Å². The van der Waals surface area contributed by atoms with E-state index in [1.165, 1.54) is 12.3 Å². The normalized spacial score (nSPS) is 15.9. The van der Waals surface area contributed by atoms with Gasteiger partial charge in [0.15, 0.2) is 11.6 Å². The fraction of sp³-hybridized carbons (Fsp3) is 0.579. The van der Waals surface area contributed by atoms with Crippen molar-refractivity contribution < 1.29 is 13.9 Å². The fourth-order valence-electron chi connectivity index (χ4n) is 3.19. The number of piperidine rings is 1. The lowest BCUT2D eigenvalue weighted by atomic mass is 9.96. The zero-order valence-electron chi connectivity index (χ0n) is 16.5. The number of pyridine rings is 1. The van der Waals surface area contributed by atoms with Crippen LogP contribution in [0.15, 0.2) is 12.3 Å². The lowest BCUT2D eigenvalue weighted by Crippen LogP contribution is -2.41. The number of hydrogen-bond acceptors (Lipinski definition) is 5. The summed E-state index contributed by atoms with van der Waals surface area (Å²) < 4.78 is 20.4. The highest BCUT2D eigenvalue weighted by atomic mass is 19.1. The predicted octanol–water partition coefficient (Wildman–Crippen LogP) is 3.53. The van der Waals surface area contributed by atoms with Gasteiger partial charge in [-0.3, -0.25) is 0 Å². The summed E-state index contributed by atoms with van der Waals surface area (Å²) in [6.45, 7) is 10.5. The van der Waals surface area contributed by atoms with E-state index in [-0.39, 0.29) is 17.8 Å². The predicted molar refractivity (Wildman–Crippen MR) is 98.4 cm³/mol. The standard InChI is InChI=1S/C19H26FN5O2/c1-12-10-15(20)11-21-17(12)25-13(2)22-16(23-25)14-6-8-24(9-7-14)18(26)27-19(3,4)5/h10-11,14H,6-9H2,1-5H3. The van der Waals surface area contributed by atoms with Crippen molar-refractivity contribution in [3.8, 4) is 5.82 Å². The maximum Gasteiger partial charge on any atom is 0.410 e. The van der Waals surface area contributed by atoms with Gasteiger partial charge in [0.2, 0.25) is 0 Å². The fourth-order valence-corrected chi connectivity index (χ4v) is 3.19. The van der Waals surface area contributed by atoms with E-state index in [0.717, 1.165) is 18.7 Å². The summed E-state index contributed by atoms with van der Waals surface area (Å²) in [7, 11) is 0. The molecule has 1 aliphatic heterocycles. The number of likely N-dealkylation sites (tertiary alicyclic amines) is 1. The maximum absolute atomic E-state index is 13.3. The summed E-state index contributed by atoms with van der Waals surface area (Å²) in [6.07, 6.45) is 2.46. The molecular formula is C19H26FN5O2. The van der Waals surface area contributed by atoms with Gasteiger partial charge in [0.05, 0.1) is 6.20 Å². The van der Waals surface area contributed by atoms with Crippen molar-refractivity contribution in [3.63, 3.8) is 0 Å². The Balaban J connectivity index is 1.70. The second-order valence-electron chi connectivity index (χ2n) is 7.96. The third kappa shape index (κ3) is 4.43. The Morgan fingerprint density at radius 1 is 1.26 bits per heavy atom. The molecule has 2 aromatic heterocycles. The first kappa shape index (κ1) is 19.3. The molecule has 0 radical (unpaired) electrons. The molecule has 3 heterocycles. The van der Waals surface area contributed by atoms with Gasteiger partial charge in [-0.15, -0.1) is 5.10 Å². The second kappa shape index (κ2) is 7.25. The van der Waals surface area contributed by atoms with Crippen molar-refractivity contribution in [1.29, 1.82) is 0 Å². The third-order valence-electron chi connectivity index (χ3n) is 4.52. The average Bonchev–Trinajstić information content (AvgIpc) is 2.95. The van der Waals surface area contributed by atoms with Crippen LogP contribution in [0.2, 0.25) is 0 Å². The summed E-state index contributed by atoms with van der Waals surface area (Å²) in [4.78, 5) is 22.7. The summed E-state index contributed by atoms with van der Waals surface area (Å²) in [5.74, 6) is 1.83. The minimum Gasteiger partial charge on any atom is -0.444 e. The number of nitrogens with zero attached hydrogens (tertiary/aromatic N) is 5. The maximum atomic E-state index is 13.3. The van der Waals surface area contributed by atoms with Crippen LogP contribution >= 0.6 is 0 Å². The van der Waals surface area contributed by atoms with Crippen LogP contribution < -0.4 is 0 Å². The van der Waals surface area contributed by atoms with Crippen LogP contribution in [0, 0.1) is 19.7 Å². The van der Waals surface area contributed by atoms with Gasteiger partial charge in [0.25, 0.3) is 0 Å². The molecule has 0 spiro atoms. The van der Waals surface area contributed by atoms with Crippen LogP contribution in [0.5, 0.6) is 0 Å². The molecule has 27 heavy (non-hydrogen) atoms. The molecule has 0 N–H and O–H groups in total. The van der Waals surface area contributed by atoms with E-state index in [9.17, 15) is 9.18 Å². The molecule has 0 saturated carbocycles. The van der Waals surface area contributed by atoms with Crippen LogP contribution in [-0.4, -0.2) is 49.4 Å². The summed E-state index contributed by atoms with van der Waals surface area (Å²) in [5.41, 5.74) is 0.208. The van der Waals surface area contributed by atoms with E-state index in [1.54, 1.807) is 16.5 Å². The Hall–Kier alpha value is -2.51. The number of rotatable bonds is 2.